The van der Waals surface area contributed by atoms with Gasteiger partial charge in [0.25, 0.3) is 0 Å². The molecule has 0 aliphatic heterocycles. The zero-order valence-corrected chi connectivity index (χ0v) is 7.87. The second-order valence-electron chi connectivity index (χ2n) is 2.35. The predicted octanol–water partition coefficient (Wildman–Crippen LogP) is 3.82. The van der Waals surface area contributed by atoms with E-state index in [0.717, 1.165) is 0 Å². The normalized spacial score (nSPS) is 10.7. The first kappa shape index (κ1) is 9.82. The Morgan fingerprint density at radius 3 is 2.33 bits per heavy atom. The van der Waals surface area contributed by atoms with Crippen molar-refractivity contribution in [3.8, 4) is 0 Å². The Kier molecular flexibility index (Phi) is 3.83. The first-order chi connectivity index (χ1) is 5.74. The number of hydrogen-bond acceptors (Lipinski definition) is 0. The van der Waals surface area contributed by atoms with Gasteiger partial charge in [0.05, 0.1) is 0 Å². The van der Waals surface area contributed by atoms with Gasteiger partial charge < -0.3 is 0 Å². The van der Waals surface area contributed by atoms with Crippen LogP contribution in [0, 0.1) is 6.17 Å². The van der Waals surface area contributed by atoms with Gasteiger partial charge in [0.15, 0.2) is 6.17 Å². The van der Waals surface area contributed by atoms with E-state index in [0.29, 0.717) is 16.5 Å². The van der Waals surface area contributed by atoms with Gasteiger partial charge in [0, 0.05) is 17.3 Å². The fraction of sp³-hybridized carbons (Fsp3) is 0.222. The summed E-state index contributed by atoms with van der Waals surface area (Å²) >= 11 is 11.0. The highest BCUT2D eigenvalue weighted by Crippen LogP contribution is 2.21. The van der Waals surface area contributed by atoms with Gasteiger partial charge in [-0.3, -0.25) is 0 Å². The molecule has 0 bridgehead atoms. The minimum atomic E-state index is -0.193. The molecule has 0 atom stereocenters. The lowest BCUT2D eigenvalue weighted by atomic mass is 10.1. The largest absolute Gasteiger partial charge is 0.235 e. The van der Waals surface area contributed by atoms with Crippen molar-refractivity contribution in [1.82, 2.24) is 0 Å². The van der Waals surface area contributed by atoms with E-state index in [4.69, 9.17) is 23.2 Å². The van der Waals surface area contributed by atoms with E-state index < -0.39 is 0 Å². The maximum Gasteiger partial charge on any atom is 0.175 e. The summed E-state index contributed by atoms with van der Waals surface area (Å²) in [5, 5.41) is 0.609. The third-order valence-electron chi connectivity index (χ3n) is 1.47. The summed E-state index contributed by atoms with van der Waals surface area (Å²) in [6.07, 6.45) is 0.0742. The van der Waals surface area contributed by atoms with Gasteiger partial charge in [-0.15, -0.1) is 11.6 Å². The van der Waals surface area contributed by atoms with Gasteiger partial charge in [-0.05, 0) is 17.7 Å². The molecule has 0 spiro atoms. The van der Waals surface area contributed by atoms with Crippen molar-refractivity contribution < 1.29 is 4.39 Å². The van der Waals surface area contributed by atoms with Gasteiger partial charge >= 0.3 is 0 Å². The standard InChI is InChI=1S/C9H8Cl2F/c10-6-5-9(12)7-1-3-8(11)4-2-7/h1-4H,5-6H2. The van der Waals surface area contributed by atoms with Crippen molar-refractivity contribution in [2.75, 3.05) is 5.88 Å². The van der Waals surface area contributed by atoms with Crippen LogP contribution in [0.1, 0.15) is 12.0 Å². The van der Waals surface area contributed by atoms with Crippen LogP contribution >= 0.6 is 23.2 Å². The van der Waals surface area contributed by atoms with Crippen molar-refractivity contribution >= 4 is 23.2 Å². The molecule has 0 unspecified atom stereocenters. The molecule has 0 fully saturated rings. The quantitative estimate of drug-likeness (QED) is 0.659. The van der Waals surface area contributed by atoms with Crippen LogP contribution in [0.2, 0.25) is 5.02 Å². The Bertz CT molecular complexity index is 233. The molecule has 1 aromatic carbocycles. The molecule has 0 aliphatic carbocycles. The molecular formula is C9H8Cl2F. The van der Waals surface area contributed by atoms with Crippen molar-refractivity contribution in [1.29, 1.82) is 0 Å². The van der Waals surface area contributed by atoms with E-state index in [9.17, 15) is 4.39 Å². The van der Waals surface area contributed by atoms with Crippen LogP contribution in [0.3, 0.4) is 0 Å². The van der Waals surface area contributed by atoms with Gasteiger partial charge in [0.2, 0.25) is 0 Å². The fourth-order valence-electron chi connectivity index (χ4n) is 0.858. The minimum Gasteiger partial charge on any atom is -0.235 e. The van der Waals surface area contributed by atoms with E-state index in [2.05, 4.69) is 0 Å². The summed E-state index contributed by atoms with van der Waals surface area (Å²) < 4.78 is 13.1. The maximum atomic E-state index is 13.1. The Morgan fingerprint density at radius 1 is 1.25 bits per heavy atom. The molecule has 0 N–H and O–H groups in total. The molecule has 0 amide bonds. The summed E-state index contributed by atoms with van der Waals surface area (Å²) in [4.78, 5) is 0. The molecule has 0 heterocycles. The topological polar surface area (TPSA) is 0 Å². The van der Waals surface area contributed by atoms with Gasteiger partial charge in [-0.2, -0.15) is 0 Å². The van der Waals surface area contributed by atoms with Gasteiger partial charge in [0.1, 0.15) is 0 Å². The SMILES string of the molecule is F[C](CCCl)c1ccc(Cl)cc1. The predicted molar refractivity (Wildman–Crippen MR) is 50.2 cm³/mol. The number of alkyl halides is 1. The van der Waals surface area contributed by atoms with Crippen molar-refractivity contribution in [2.45, 2.75) is 6.42 Å². The molecule has 0 nitrogen and oxygen atoms in total. The molecule has 1 radical (unpaired) electrons. The van der Waals surface area contributed by atoms with Gasteiger partial charge in [-0.25, -0.2) is 4.39 Å². The third-order valence-corrected chi connectivity index (χ3v) is 1.91. The van der Waals surface area contributed by atoms with E-state index in [1.54, 1.807) is 24.3 Å². The first-order valence-corrected chi connectivity index (χ1v) is 4.48. The average Bonchev–Trinajstić information content (AvgIpc) is 2.06. The van der Waals surface area contributed by atoms with Crippen LogP contribution in [0.15, 0.2) is 24.3 Å². The Hall–Kier alpha value is -0.270. The highest BCUT2D eigenvalue weighted by Gasteiger charge is 2.09. The zero-order valence-electron chi connectivity index (χ0n) is 6.36. The van der Waals surface area contributed by atoms with E-state index >= 15 is 0 Å². The number of hydrogen-bond donors (Lipinski definition) is 0. The number of halogens is 3. The minimum absolute atomic E-state index is 0.193. The molecule has 65 valence electrons. The molecule has 0 saturated carbocycles. The molecule has 0 aliphatic rings. The van der Waals surface area contributed by atoms with E-state index in [-0.39, 0.29) is 12.6 Å². The van der Waals surface area contributed by atoms with Crippen LogP contribution in [0.5, 0.6) is 0 Å². The second-order valence-corrected chi connectivity index (χ2v) is 3.17. The summed E-state index contributed by atoms with van der Waals surface area (Å²) in [7, 11) is 0. The van der Waals surface area contributed by atoms with Crippen LogP contribution < -0.4 is 0 Å². The number of benzene rings is 1. The Balaban J connectivity index is 2.68. The first-order valence-electron chi connectivity index (χ1n) is 3.57. The van der Waals surface area contributed by atoms with Crippen LogP contribution in [0.25, 0.3) is 0 Å². The van der Waals surface area contributed by atoms with Crippen LogP contribution in [-0.2, 0) is 0 Å². The molecule has 0 saturated heterocycles. The second kappa shape index (κ2) is 4.68. The van der Waals surface area contributed by atoms with Crippen LogP contribution in [0.4, 0.5) is 4.39 Å². The summed E-state index contributed by atoms with van der Waals surface area (Å²) in [5.41, 5.74) is 0.556. The maximum absolute atomic E-state index is 13.1. The fourth-order valence-corrected chi connectivity index (χ4v) is 1.15. The lowest BCUT2D eigenvalue weighted by Gasteiger charge is -2.03. The summed E-state index contributed by atoms with van der Waals surface area (Å²) in [6, 6.07) is 6.60. The van der Waals surface area contributed by atoms with Crippen molar-refractivity contribution in [3.05, 3.63) is 41.0 Å². The lowest BCUT2D eigenvalue weighted by Crippen LogP contribution is -1.92. The highest BCUT2D eigenvalue weighted by atomic mass is 35.5. The smallest absolute Gasteiger partial charge is 0.175 e. The lowest BCUT2D eigenvalue weighted by molar-refractivity contribution is 0.509. The van der Waals surface area contributed by atoms with Crippen molar-refractivity contribution in [2.24, 2.45) is 0 Å². The average molecular weight is 206 g/mol. The summed E-state index contributed by atoms with van der Waals surface area (Å²) in [5.74, 6) is 0.300. The Morgan fingerprint density at radius 2 is 1.83 bits per heavy atom. The monoisotopic (exact) mass is 205 g/mol. The molecule has 3 heteroatoms. The molecule has 1 rings (SSSR count). The third kappa shape index (κ3) is 2.65. The molecule has 1 aromatic rings. The van der Waals surface area contributed by atoms with E-state index in [1.807, 2.05) is 0 Å². The van der Waals surface area contributed by atoms with Crippen molar-refractivity contribution in [3.63, 3.8) is 0 Å². The number of rotatable bonds is 3. The Labute approximate surface area is 81.3 Å². The van der Waals surface area contributed by atoms with Gasteiger partial charge in [-0.1, -0.05) is 23.7 Å². The zero-order chi connectivity index (χ0) is 8.97. The molecule has 12 heavy (non-hydrogen) atoms. The molecule has 0 aromatic heterocycles. The molecular weight excluding hydrogens is 198 g/mol. The van der Waals surface area contributed by atoms with Crippen LogP contribution in [-0.4, -0.2) is 5.88 Å². The highest BCUT2D eigenvalue weighted by molar-refractivity contribution is 6.30. The summed E-state index contributed by atoms with van der Waals surface area (Å²) in [6.45, 7) is 0. The van der Waals surface area contributed by atoms with E-state index in [1.165, 1.54) is 0 Å².